The molecule has 2 aliphatic rings. The van der Waals surface area contributed by atoms with E-state index in [4.69, 9.17) is 0 Å². The fraction of sp³-hybridized carbons (Fsp3) is 1.00. The minimum absolute atomic E-state index is 0.0430. The fourth-order valence-electron chi connectivity index (χ4n) is 3.10. The van der Waals surface area contributed by atoms with E-state index in [1.165, 1.54) is 51.4 Å². The molecule has 0 saturated heterocycles. The molecule has 0 aromatic rings. The Morgan fingerprint density at radius 2 is 1.62 bits per heavy atom. The number of hydrogen-bond donors (Lipinski definition) is 1. The second kappa shape index (κ2) is 4.45. The molecule has 1 nitrogen and oxygen atoms in total. The Labute approximate surface area is 81.5 Å². The van der Waals surface area contributed by atoms with Crippen LogP contribution in [-0.4, -0.2) is 11.2 Å². The molecule has 2 saturated carbocycles. The van der Waals surface area contributed by atoms with Crippen molar-refractivity contribution in [2.75, 3.05) is 0 Å². The molecule has 0 aromatic carbocycles. The van der Waals surface area contributed by atoms with Crippen LogP contribution in [0.2, 0.25) is 0 Å². The van der Waals surface area contributed by atoms with Gasteiger partial charge in [-0.05, 0) is 31.1 Å². The topological polar surface area (TPSA) is 20.2 Å². The van der Waals surface area contributed by atoms with E-state index in [1.807, 2.05) is 0 Å². The first-order chi connectivity index (χ1) is 6.36. The van der Waals surface area contributed by atoms with Crippen LogP contribution in [0.25, 0.3) is 0 Å². The summed E-state index contributed by atoms with van der Waals surface area (Å²) in [6.45, 7) is 0. The van der Waals surface area contributed by atoms with Gasteiger partial charge < -0.3 is 5.11 Å². The normalized spacial score (nSPS) is 35.8. The Morgan fingerprint density at radius 1 is 0.846 bits per heavy atom. The first-order valence-electron chi connectivity index (χ1n) is 6.04. The van der Waals surface area contributed by atoms with Crippen LogP contribution in [-0.2, 0) is 0 Å². The van der Waals surface area contributed by atoms with Crippen LogP contribution in [0.1, 0.15) is 57.8 Å². The molecule has 2 atom stereocenters. The van der Waals surface area contributed by atoms with E-state index >= 15 is 0 Å². The molecule has 2 fully saturated rings. The zero-order valence-electron chi connectivity index (χ0n) is 8.54. The first kappa shape index (κ1) is 9.51. The highest BCUT2D eigenvalue weighted by Gasteiger charge is 2.26. The van der Waals surface area contributed by atoms with E-state index in [9.17, 15) is 5.11 Å². The van der Waals surface area contributed by atoms with Gasteiger partial charge in [-0.3, -0.25) is 0 Å². The van der Waals surface area contributed by atoms with E-state index in [0.717, 1.165) is 12.3 Å². The summed E-state index contributed by atoms with van der Waals surface area (Å²) in [5.41, 5.74) is 0. The molecule has 0 bridgehead atoms. The van der Waals surface area contributed by atoms with Crippen molar-refractivity contribution in [3.63, 3.8) is 0 Å². The minimum atomic E-state index is 0.0430. The van der Waals surface area contributed by atoms with E-state index in [2.05, 4.69) is 0 Å². The zero-order valence-corrected chi connectivity index (χ0v) is 8.54. The lowest BCUT2D eigenvalue weighted by atomic mass is 9.93. The van der Waals surface area contributed by atoms with Gasteiger partial charge in [0.1, 0.15) is 0 Å². The SMILES string of the molecule is OC1CCCC1CCC1CCCC1. The van der Waals surface area contributed by atoms with E-state index in [0.29, 0.717) is 5.92 Å². The van der Waals surface area contributed by atoms with Crippen LogP contribution in [0.5, 0.6) is 0 Å². The lowest BCUT2D eigenvalue weighted by Gasteiger charge is -2.16. The van der Waals surface area contributed by atoms with Gasteiger partial charge in [0.25, 0.3) is 0 Å². The van der Waals surface area contributed by atoms with E-state index in [-0.39, 0.29) is 6.10 Å². The maximum absolute atomic E-state index is 9.66. The van der Waals surface area contributed by atoms with Crippen molar-refractivity contribution in [1.82, 2.24) is 0 Å². The molecule has 2 aliphatic carbocycles. The summed E-state index contributed by atoms with van der Waals surface area (Å²) in [4.78, 5) is 0. The Morgan fingerprint density at radius 3 is 2.23 bits per heavy atom. The third kappa shape index (κ3) is 2.46. The third-order valence-electron chi connectivity index (χ3n) is 4.04. The van der Waals surface area contributed by atoms with Crippen LogP contribution >= 0.6 is 0 Å². The summed E-state index contributed by atoms with van der Waals surface area (Å²) in [5.74, 6) is 1.66. The molecule has 0 aliphatic heterocycles. The van der Waals surface area contributed by atoms with Gasteiger partial charge in [-0.15, -0.1) is 0 Å². The fourth-order valence-corrected chi connectivity index (χ4v) is 3.10. The summed E-state index contributed by atoms with van der Waals surface area (Å²) in [5, 5.41) is 9.66. The van der Waals surface area contributed by atoms with Crippen LogP contribution in [0.3, 0.4) is 0 Å². The maximum atomic E-state index is 9.66. The molecular formula is C12H22O. The summed E-state index contributed by atoms with van der Waals surface area (Å²) >= 11 is 0. The van der Waals surface area contributed by atoms with Gasteiger partial charge in [-0.25, -0.2) is 0 Å². The quantitative estimate of drug-likeness (QED) is 0.711. The van der Waals surface area contributed by atoms with Crippen molar-refractivity contribution < 1.29 is 5.11 Å². The number of aliphatic hydroxyl groups is 1. The Balaban J connectivity index is 1.66. The molecule has 0 spiro atoms. The van der Waals surface area contributed by atoms with Crippen LogP contribution < -0.4 is 0 Å². The van der Waals surface area contributed by atoms with Crippen molar-refractivity contribution in [2.45, 2.75) is 63.9 Å². The summed E-state index contributed by atoms with van der Waals surface area (Å²) < 4.78 is 0. The lowest BCUT2D eigenvalue weighted by Crippen LogP contribution is -2.13. The Bertz CT molecular complexity index is 149. The molecule has 2 rings (SSSR count). The number of rotatable bonds is 3. The van der Waals surface area contributed by atoms with Crippen molar-refractivity contribution in [1.29, 1.82) is 0 Å². The van der Waals surface area contributed by atoms with Gasteiger partial charge in [-0.2, -0.15) is 0 Å². The van der Waals surface area contributed by atoms with Gasteiger partial charge in [0.2, 0.25) is 0 Å². The molecule has 2 unspecified atom stereocenters. The van der Waals surface area contributed by atoms with Crippen LogP contribution in [0, 0.1) is 11.8 Å². The molecule has 13 heavy (non-hydrogen) atoms. The zero-order chi connectivity index (χ0) is 9.10. The predicted molar refractivity (Wildman–Crippen MR) is 54.5 cm³/mol. The summed E-state index contributed by atoms with van der Waals surface area (Å²) in [6.07, 6.45) is 12.2. The van der Waals surface area contributed by atoms with E-state index in [1.54, 1.807) is 0 Å². The van der Waals surface area contributed by atoms with Crippen molar-refractivity contribution in [3.8, 4) is 0 Å². The molecule has 1 heteroatoms. The summed E-state index contributed by atoms with van der Waals surface area (Å²) in [7, 11) is 0. The second-order valence-corrected chi connectivity index (χ2v) is 4.99. The number of hydrogen-bond acceptors (Lipinski definition) is 1. The molecule has 0 amide bonds. The average molecular weight is 182 g/mol. The Kier molecular flexibility index (Phi) is 3.26. The van der Waals surface area contributed by atoms with Gasteiger partial charge in [0, 0.05) is 0 Å². The van der Waals surface area contributed by atoms with Gasteiger partial charge >= 0.3 is 0 Å². The molecule has 0 aromatic heterocycles. The van der Waals surface area contributed by atoms with Crippen molar-refractivity contribution >= 4 is 0 Å². The molecule has 1 N–H and O–H groups in total. The van der Waals surface area contributed by atoms with Crippen molar-refractivity contribution in [2.24, 2.45) is 11.8 Å². The first-order valence-corrected chi connectivity index (χ1v) is 6.04. The average Bonchev–Trinajstić information content (AvgIpc) is 2.72. The smallest absolute Gasteiger partial charge is 0.0568 e. The predicted octanol–water partition coefficient (Wildman–Crippen LogP) is 3.12. The van der Waals surface area contributed by atoms with Gasteiger partial charge in [-0.1, -0.05) is 38.5 Å². The molecule has 0 heterocycles. The van der Waals surface area contributed by atoms with Crippen molar-refractivity contribution in [3.05, 3.63) is 0 Å². The second-order valence-electron chi connectivity index (χ2n) is 4.99. The van der Waals surface area contributed by atoms with Gasteiger partial charge in [0.05, 0.1) is 6.10 Å². The lowest BCUT2D eigenvalue weighted by molar-refractivity contribution is 0.124. The number of aliphatic hydroxyl groups excluding tert-OH is 1. The third-order valence-corrected chi connectivity index (χ3v) is 4.04. The van der Waals surface area contributed by atoms with E-state index < -0.39 is 0 Å². The molecular weight excluding hydrogens is 160 g/mol. The monoisotopic (exact) mass is 182 g/mol. The highest BCUT2D eigenvalue weighted by atomic mass is 16.3. The molecule has 76 valence electrons. The van der Waals surface area contributed by atoms with Crippen LogP contribution in [0.4, 0.5) is 0 Å². The van der Waals surface area contributed by atoms with Gasteiger partial charge in [0.15, 0.2) is 0 Å². The largest absolute Gasteiger partial charge is 0.393 e. The highest BCUT2D eigenvalue weighted by Crippen LogP contribution is 2.34. The summed E-state index contributed by atoms with van der Waals surface area (Å²) in [6, 6.07) is 0. The standard InChI is InChI=1S/C12H22O/c13-12-7-3-6-11(12)9-8-10-4-1-2-5-10/h10-13H,1-9H2. The maximum Gasteiger partial charge on any atom is 0.0568 e. The van der Waals surface area contributed by atoms with Crippen LogP contribution in [0.15, 0.2) is 0 Å². The highest BCUT2D eigenvalue weighted by molar-refractivity contribution is 4.78. The minimum Gasteiger partial charge on any atom is -0.393 e. The Hall–Kier alpha value is -0.0400. The molecule has 0 radical (unpaired) electrons.